The summed E-state index contributed by atoms with van der Waals surface area (Å²) in [5.41, 5.74) is 6.44. The fourth-order valence-corrected chi connectivity index (χ4v) is 2.32. The molecule has 1 amide bonds. The monoisotopic (exact) mass is 276 g/mol. The lowest BCUT2D eigenvalue weighted by molar-refractivity contribution is 0.0702. The van der Waals surface area contributed by atoms with Crippen LogP contribution in [0.5, 0.6) is 0 Å². The molecule has 0 saturated heterocycles. The van der Waals surface area contributed by atoms with Gasteiger partial charge in [-0.2, -0.15) is 0 Å². The second-order valence-corrected chi connectivity index (χ2v) is 5.03. The van der Waals surface area contributed by atoms with E-state index < -0.39 is 11.9 Å². The summed E-state index contributed by atoms with van der Waals surface area (Å²) in [4.78, 5) is 22.9. The van der Waals surface area contributed by atoms with Crippen molar-refractivity contribution in [3.8, 4) is 0 Å². The van der Waals surface area contributed by atoms with Crippen LogP contribution in [-0.2, 0) is 6.54 Å². The van der Waals surface area contributed by atoms with Crippen LogP contribution < -0.4 is 11.1 Å². The van der Waals surface area contributed by atoms with Gasteiger partial charge in [-0.3, -0.25) is 4.79 Å². The third-order valence-electron chi connectivity index (χ3n) is 2.51. The number of carbonyl (C=O) groups is 2. The number of primary amides is 1. The molecule has 1 aromatic carbocycles. The fourth-order valence-electron chi connectivity index (χ4n) is 1.53. The zero-order valence-corrected chi connectivity index (χ0v) is 10.7. The molecule has 1 aromatic heterocycles. The van der Waals surface area contributed by atoms with Crippen molar-refractivity contribution in [3.05, 3.63) is 51.7 Å². The number of carboxylic acids is 1. The maximum absolute atomic E-state index is 10.9. The highest BCUT2D eigenvalue weighted by Crippen LogP contribution is 2.18. The minimum absolute atomic E-state index is 0.320. The molecule has 2 aromatic rings. The van der Waals surface area contributed by atoms with Crippen LogP contribution in [0, 0.1) is 0 Å². The van der Waals surface area contributed by atoms with Crippen LogP contribution in [-0.4, -0.2) is 17.0 Å². The molecule has 2 rings (SSSR count). The molecular weight excluding hydrogens is 264 g/mol. The number of anilines is 1. The molecule has 0 aliphatic rings. The van der Waals surface area contributed by atoms with Gasteiger partial charge in [-0.05, 0) is 36.4 Å². The lowest BCUT2D eigenvalue weighted by atomic mass is 10.2. The summed E-state index contributed by atoms with van der Waals surface area (Å²) < 4.78 is 0. The van der Waals surface area contributed by atoms with Crippen molar-refractivity contribution in [2.75, 3.05) is 5.32 Å². The summed E-state index contributed by atoms with van der Waals surface area (Å²) in [5.74, 6) is -1.38. The van der Waals surface area contributed by atoms with Gasteiger partial charge in [0.05, 0.1) is 0 Å². The Morgan fingerprint density at radius 2 is 1.84 bits per heavy atom. The number of carbonyl (C=O) groups excluding carboxylic acids is 1. The first-order chi connectivity index (χ1) is 9.06. The molecule has 0 atom stereocenters. The van der Waals surface area contributed by atoms with Crippen molar-refractivity contribution in [2.45, 2.75) is 6.54 Å². The van der Waals surface area contributed by atoms with Crippen LogP contribution in [0.1, 0.15) is 24.9 Å². The van der Waals surface area contributed by atoms with Gasteiger partial charge >= 0.3 is 5.97 Å². The van der Waals surface area contributed by atoms with E-state index in [2.05, 4.69) is 5.32 Å². The number of hydrogen-bond donors (Lipinski definition) is 3. The lowest BCUT2D eigenvalue weighted by Crippen LogP contribution is -2.10. The highest BCUT2D eigenvalue weighted by atomic mass is 32.1. The van der Waals surface area contributed by atoms with Crippen molar-refractivity contribution < 1.29 is 14.7 Å². The van der Waals surface area contributed by atoms with Crippen molar-refractivity contribution in [1.29, 1.82) is 0 Å². The van der Waals surface area contributed by atoms with Crippen LogP contribution in [0.2, 0.25) is 0 Å². The number of nitrogens with one attached hydrogen (secondary N) is 1. The van der Waals surface area contributed by atoms with Crippen LogP contribution in [0.15, 0.2) is 36.4 Å². The highest BCUT2D eigenvalue weighted by Gasteiger charge is 2.06. The van der Waals surface area contributed by atoms with E-state index in [1.807, 2.05) is 0 Å². The number of thiophene rings is 1. The Hall–Kier alpha value is -2.34. The maximum Gasteiger partial charge on any atom is 0.345 e. The SMILES string of the molecule is NC(=O)c1ccc(NCc2ccc(C(=O)O)s2)cc1. The number of nitrogens with two attached hydrogens (primary N) is 1. The molecule has 0 aliphatic heterocycles. The van der Waals surface area contributed by atoms with Crippen LogP contribution in [0.3, 0.4) is 0 Å². The molecule has 0 unspecified atom stereocenters. The van der Waals surface area contributed by atoms with Gasteiger partial charge in [-0.1, -0.05) is 0 Å². The van der Waals surface area contributed by atoms with E-state index in [1.54, 1.807) is 36.4 Å². The van der Waals surface area contributed by atoms with E-state index >= 15 is 0 Å². The molecule has 0 fully saturated rings. The first-order valence-electron chi connectivity index (χ1n) is 5.52. The number of rotatable bonds is 5. The Kier molecular flexibility index (Phi) is 3.82. The average Bonchev–Trinajstić information content (AvgIpc) is 2.86. The van der Waals surface area contributed by atoms with E-state index in [4.69, 9.17) is 10.8 Å². The van der Waals surface area contributed by atoms with E-state index in [-0.39, 0.29) is 0 Å². The molecular formula is C13H12N2O3S. The molecule has 19 heavy (non-hydrogen) atoms. The third kappa shape index (κ3) is 3.32. The van der Waals surface area contributed by atoms with Gasteiger partial charge in [-0.25, -0.2) is 4.79 Å². The Labute approximate surface area is 113 Å². The topological polar surface area (TPSA) is 92.4 Å². The zero-order chi connectivity index (χ0) is 13.8. The Bertz CT molecular complexity index is 605. The molecule has 1 heterocycles. The van der Waals surface area contributed by atoms with Crippen molar-refractivity contribution in [2.24, 2.45) is 5.73 Å². The first kappa shape index (κ1) is 13.1. The standard InChI is InChI=1S/C13H12N2O3S/c14-12(16)8-1-3-9(4-2-8)15-7-10-5-6-11(19-10)13(17)18/h1-6,15H,7H2,(H2,14,16)(H,17,18). The van der Waals surface area contributed by atoms with Crippen LogP contribution in [0.25, 0.3) is 0 Å². The van der Waals surface area contributed by atoms with Gasteiger partial charge in [0.2, 0.25) is 5.91 Å². The third-order valence-corrected chi connectivity index (χ3v) is 3.58. The summed E-state index contributed by atoms with van der Waals surface area (Å²) >= 11 is 1.23. The maximum atomic E-state index is 10.9. The quantitative estimate of drug-likeness (QED) is 0.780. The van der Waals surface area contributed by atoms with Crippen molar-refractivity contribution in [3.63, 3.8) is 0 Å². The second kappa shape index (κ2) is 5.53. The van der Waals surface area contributed by atoms with Gasteiger partial charge in [0.25, 0.3) is 0 Å². The molecule has 0 saturated carbocycles. The minimum atomic E-state index is -0.915. The normalized spacial score (nSPS) is 10.1. The smallest absolute Gasteiger partial charge is 0.345 e. The number of carboxylic acid groups (broad SMARTS) is 1. The molecule has 0 aliphatic carbocycles. The second-order valence-electron chi connectivity index (χ2n) is 3.87. The molecule has 0 radical (unpaired) electrons. The average molecular weight is 276 g/mol. The van der Waals surface area contributed by atoms with E-state index in [0.717, 1.165) is 10.6 Å². The first-order valence-corrected chi connectivity index (χ1v) is 6.33. The summed E-state index contributed by atoms with van der Waals surface area (Å²) in [7, 11) is 0. The summed E-state index contributed by atoms with van der Waals surface area (Å²) in [6.07, 6.45) is 0. The minimum Gasteiger partial charge on any atom is -0.477 e. The molecule has 5 nitrogen and oxygen atoms in total. The van der Waals surface area contributed by atoms with Gasteiger partial charge in [0.1, 0.15) is 4.88 Å². The van der Waals surface area contributed by atoms with Gasteiger partial charge in [-0.15, -0.1) is 11.3 Å². The van der Waals surface area contributed by atoms with Gasteiger partial charge in [0, 0.05) is 22.7 Å². The van der Waals surface area contributed by atoms with E-state index in [9.17, 15) is 9.59 Å². The van der Waals surface area contributed by atoms with Gasteiger partial charge in [0.15, 0.2) is 0 Å². The van der Waals surface area contributed by atoms with Gasteiger partial charge < -0.3 is 16.2 Å². The van der Waals surface area contributed by atoms with Crippen LogP contribution >= 0.6 is 11.3 Å². The van der Waals surface area contributed by atoms with Crippen molar-refractivity contribution >= 4 is 28.9 Å². The molecule has 0 bridgehead atoms. The predicted molar refractivity (Wildman–Crippen MR) is 73.6 cm³/mol. The number of amides is 1. The van der Waals surface area contributed by atoms with Crippen LogP contribution in [0.4, 0.5) is 5.69 Å². The predicted octanol–water partition coefficient (Wildman–Crippen LogP) is 2.16. The van der Waals surface area contributed by atoms with E-state index in [0.29, 0.717) is 17.0 Å². The molecule has 4 N–H and O–H groups in total. The number of benzene rings is 1. The number of aromatic carboxylic acids is 1. The van der Waals surface area contributed by atoms with E-state index in [1.165, 1.54) is 11.3 Å². The number of hydrogen-bond acceptors (Lipinski definition) is 4. The van der Waals surface area contributed by atoms with Crippen molar-refractivity contribution in [1.82, 2.24) is 0 Å². The fraction of sp³-hybridized carbons (Fsp3) is 0.0769. The summed E-state index contributed by atoms with van der Waals surface area (Å²) in [6, 6.07) is 10.2. The summed E-state index contributed by atoms with van der Waals surface area (Å²) in [5, 5.41) is 12.0. The Balaban J connectivity index is 1.97. The highest BCUT2D eigenvalue weighted by molar-refractivity contribution is 7.13. The Morgan fingerprint density at radius 3 is 2.37 bits per heavy atom. The zero-order valence-electron chi connectivity index (χ0n) is 9.92. The summed E-state index contributed by atoms with van der Waals surface area (Å²) in [6.45, 7) is 0.536. The molecule has 0 spiro atoms. The molecule has 98 valence electrons. The largest absolute Gasteiger partial charge is 0.477 e. The molecule has 6 heteroatoms. The Morgan fingerprint density at radius 1 is 1.16 bits per heavy atom. The lowest BCUT2D eigenvalue weighted by Gasteiger charge is -2.05.